The van der Waals surface area contributed by atoms with E-state index < -0.39 is 0 Å². The van der Waals surface area contributed by atoms with Crippen LogP contribution in [-0.2, 0) is 0 Å². The van der Waals surface area contributed by atoms with E-state index >= 15 is 0 Å². The van der Waals surface area contributed by atoms with Crippen LogP contribution in [0.5, 0.6) is 0 Å². The van der Waals surface area contributed by atoms with E-state index in [1.165, 1.54) is 19.3 Å². The molecule has 3 nitrogen and oxygen atoms in total. The highest BCUT2D eigenvalue weighted by molar-refractivity contribution is 4.88. The third-order valence-corrected chi connectivity index (χ3v) is 4.10. The van der Waals surface area contributed by atoms with Gasteiger partial charge in [-0.1, -0.05) is 13.8 Å². The summed E-state index contributed by atoms with van der Waals surface area (Å²) in [5.74, 6) is 0. The quantitative estimate of drug-likeness (QED) is 0.715. The largest absolute Gasteiger partial charge is 0.392 e. The third kappa shape index (κ3) is 3.44. The maximum atomic E-state index is 9.54. The molecule has 2 atom stereocenters. The molecular formula is C13H26N2O. The molecule has 0 aromatic heterocycles. The molecule has 1 saturated heterocycles. The van der Waals surface area contributed by atoms with Crippen LogP contribution in [0.25, 0.3) is 0 Å². The number of rotatable bonds is 6. The van der Waals surface area contributed by atoms with Crippen molar-refractivity contribution in [2.24, 2.45) is 5.41 Å². The Morgan fingerprint density at radius 2 is 2.12 bits per heavy atom. The van der Waals surface area contributed by atoms with E-state index in [1.54, 1.807) is 0 Å². The number of β-amino-alcohol motifs (C(OH)–C–C–N with tert-alkyl or cyclic N) is 1. The molecule has 94 valence electrons. The summed E-state index contributed by atoms with van der Waals surface area (Å²) in [4.78, 5) is 2.42. The number of hydrogen-bond donors (Lipinski definition) is 2. The molecule has 0 spiro atoms. The Morgan fingerprint density at radius 3 is 2.62 bits per heavy atom. The summed E-state index contributed by atoms with van der Waals surface area (Å²) in [6.07, 6.45) is 4.80. The standard InChI is InChI=1S/C13H26N2O/c1-3-13(2,9-14-11-4-5-11)10-15-7-6-12(16)8-15/h11-12,14,16H,3-10H2,1-2H3. The highest BCUT2D eigenvalue weighted by atomic mass is 16.3. The van der Waals surface area contributed by atoms with Crippen LogP contribution in [0.1, 0.15) is 39.5 Å². The predicted octanol–water partition coefficient (Wildman–Crippen LogP) is 1.22. The zero-order chi connectivity index (χ0) is 11.6. The van der Waals surface area contributed by atoms with Crippen LogP contribution in [-0.4, -0.2) is 48.3 Å². The fourth-order valence-corrected chi connectivity index (χ4v) is 2.47. The molecule has 16 heavy (non-hydrogen) atoms. The molecule has 2 rings (SSSR count). The summed E-state index contributed by atoms with van der Waals surface area (Å²) >= 11 is 0. The summed E-state index contributed by atoms with van der Waals surface area (Å²) in [5.41, 5.74) is 0.368. The van der Waals surface area contributed by atoms with Gasteiger partial charge in [0.05, 0.1) is 6.10 Å². The average Bonchev–Trinajstić information content (AvgIpc) is 3.01. The lowest BCUT2D eigenvalue weighted by Crippen LogP contribution is -2.42. The number of hydrogen-bond acceptors (Lipinski definition) is 3. The molecule has 1 heterocycles. The Labute approximate surface area is 99.2 Å². The monoisotopic (exact) mass is 226 g/mol. The van der Waals surface area contributed by atoms with Crippen LogP contribution in [0.2, 0.25) is 0 Å². The van der Waals surface area contributed by atoms with Gasteiger partial charge >= 0.3 is 0 Å². The Morgan fingerprint density at radius 1 is 1.38 bits per heavy atom. The summed E-state index contributed by atoms with van der Waals surface area (Å²) in [7, 11) is 0. The van der Waals surface area contributed by atoms with Gasteiger partial charge in [-0.15, -0.1) is 0 Å². The average molecular weight is 226 g/mol. The lowest BCUT2D eigenvalue weighted by atomic mass is 9.86. The zero-order valence-electron chi connectivity index (χ0n) is 10.7. The van der Waals surface area contributed by atoms with Crippen molar-refractivity contribution in [3.63, 3.8) is 0 Å². The SMILES string of the molecule is CCC(C)(CNC1CC1)CN1CCC(O)C1. The maximum Gasteiger partial charge on any atom is 0.0679 e. The van der Waals surface area contributed by atoms with Crippen LogP contribution >= 0.6 is 0 Å². The number of nitrogens with zero attached hydrogens (tertiary/aromatic N) is 1. The second-order valence-corrected chi connectivity index (χ2v) is 6.00. The van der Waals surface area contributed by atoms with E-state index in [4.69, 9.17) is 0 Å². The van der Waals surface area contributed by atoms with Crippen molar-refractivity contribution in [3.8, 4) is 0 Å². The van der Waals surface area contributed by atoms with Gasteiger partial charge in [0, 0.05) is 32.2 Å². The summed E-state index contributed by atoms with van der Waals surface area (Å²) in [6, 6.07) is 0.801. The van der Waals surface area contributed by atoms with Crippen molar-refractivity contribution in [3.05, 3.63) is 0 Å². The molecule has 2 aliphatic rings. The molecule has 2 N–H and O–H groups in total. The van der Waals surface area contributed by atoms with Crippen LogP contribution in [0, 0.1) is 5.41 Å². The number of aliphatic hydroxyl groups excluding tert-OH is 1. The van der Waals surface area contributed by atoms with Crippen molar-refractivity contribution in [1.82, 2.24) is 10.2 Å². The van der Waals surface area contributed by atoms with Gasteiger partial charge in [-0.3, -0.25) is 0 Å². The Kier molecular flexibility index (Phi) is 3.88. The molecule has 0 aromatic rings. The third-order valence-electron chi connectivity index (χ3n) is 4.10. The summed E-state index contributed by atoms with van der Waals surface area (Å²) in [6.45, 7) is 8.84. The van der Waals surface area contributed by atoms with Gasteiger partial charge in [0.1, 0.15) is 0 Å². The Hall–Kier alpha value is -0.120. The van der Waals surface area contributed by atoms with Crippen molar-refractivity contribution < 1.29 is 5.11 Å². The van der Waals surface area contributed by atoms with Crippen LogP contribution in [0.3, 0.4) is 0 Å². The van der Waals surface area contributed by atoms with Crippen molar-refractivity contribution in [2.45, 2.75) is 51.7 Å². The minimum atomic E-state index is -0.0857. The molecule has 0 radical (unpaired) electrons. The summed E-state index contributed by atoms with van der Waals surface area (Å²) < 4.78 is 0. The molecular weight excluding hydrogens is 200 g/mol. The first-order chi connectivity index (χ1) is 7.61. The number of aliphatic hydroxyl groups is 1. The Balaban J connectivity index is 1.77. The molecule has 3 heteroatoms. The molecule has 1 saturated carbocycles. The maximum absolute atomic E-state index is 9.54. The normalized spacial score (nSPS) is 30.6. The molecule has 2 unspecified atom stereocenters. The van der Waals surface area contributed by atoms with Crippen molar-refractivity contribution in [2.75, 3.05) is 26.2 Å². The lowest BCUT2D eigenvalue weighted by Gasteiger charge is -2.33. The van der Waals surface area contributed by atoms with Gasteiger partial charge in [-0.25, -0.2) is 0 Å². The topological polar surface area (TPSA) is 35.5 Å². The summed E-state index contributed by atoms with van der Waals surface area (Å²) in [5, 5.41) is 13.2. The van der Waals surface area contributed by atoms with Crippen molar-refractivity contribution >= 4 is 0 Å². The van der Waals surface area contributed by atoms with Gasteiger partial charge < -0.3 is 15.3 Å². The van der Waals surface area contributed by atoms with Gasteiger partial charge in [-0.05, 0) is 31.1 Å². The smallest absolute Gasteiger partial charge is 0.0679 e. The van der Waals surface area contributed by atoms with Crippen molar-refractivity contribution in [1.29, 1.82) is 0 Å². The highest BCUT2D eigenvalue weighted by Crippen LogP contribution is 2.26. The van der Waals surface area contributed by atoms with E-state index in [9.17, 15) is 5.11 Å². The highest BCUT2D eigenvalue weighted by Gasteiger charge is 2.31. The van der Waals surface area contributed by atoms with Crippen LogP contribution < -0.4 is 5.32 Å². The Bertz CT molecular complexity index is 230. The lowest BCUT2D eigenvalue weighted by molar-refractivity contribution is 0.143. The second-order valence-electron chi connectivity index (χ2n) is 6.00. The first-order valence-electron chi connectivity index (χ1n) is 6.75. The minimum Gasteiger partial charge on any atom is -0.392 e. The fraction of sp³-hybridized carbons (Fsp3) is 1.00. The van der Waals surface area contributed by atoms with Gasteiger partial charge in [-0.2, -0.15) is 0 Å². The van der Waals surface area contributed by atoms with Crippen LogP contribution in [0.15, 0.2) is 0 Å². The molecule has 0 amide bonds. The van der Waals surface area contributed by atoms with Crippen LogP contribution in [0.4, 0.5) is 0 Å². The molecule has 0 bridgehead atoms. The number of likely N-dealkylation sites (tertiary alicyclic amines) is 1. The van der Waals surface area contributed by atoms with Gasteiger partial charge in [0.2, 0.25) is 0 Å². The van der Waals surface area contributed by atoms with E-state index in [2.05, 4.69) is 24.1 Å². The van der Waals surface area contributed by atoms with E-state index in [0.29, 0.717) is 5.41 Å². The predicted molar refractivity (Wildman–Crippen MR) is 66.5 cm³/mol. The van der Waals surface area contributed by atoms with E-state index in [0.717, 1.165) is 38.6 Å². The van der Waals surface area contributed by atoms with E-state index in [-0.39, 0.29) is 6.10 Å². The zero-order valence-corrected chi connectivity index (χ0v) is 10.7. The molecule has 1 aliphatic heterocycles. The van der Waals surface area contributed by atoms with E-state index in [1.807, 2.05) is 0 Å². The molecule has 1 aliphatic carbocycles. The first kappa shape index (κ1) is 12.3. The first-order valence-corrected chi connectivity index (χ1v) is 6.75. The number of nitrogens with one attached hydrogen (secondary N) is 1. The second kappa shape index (κ2) is 5.03. The minimum absolute atomic E-state index is 0.0857. The molecule has 2 fully saturated rings. The van der Waals surface area contributed by atoms with Gasteiger partial charge in [0.25, 0.3) is 0 Å². The molecule has 0 aromatic carbocycles. The fourth-order valence-electron chi connectivity index (χ4n) is 2.47. The van der Waals surface area contributed by atoms with Gasteiger partial charge in [0.15, 0.2) is 0 Å².